The number of hydrogen-bond acceptors (Lipinski definition) is 3. The molecule has 1 unspecified atom stereocenters. The fourth-order valence-corrected chi connectivity index (χ4v) is 2.22. The maximum atomic E-state index is 11.8. The quantitative estimate of drug-likeness (QED) is 0.632. The summed E-state index contributed by atoms with van der Waals surface area (Å²) < 4.78 is 0. The van der Waals surface area contributed by atoms with E-state index in [0.717, 1.165) is 31.0 Å². The molecule has 77 valence electrons. The van der Waals surface area contributed by atoms with Crippen LogP contribution in [-0.4, -0.2) is 31.6 Å². The van der Waals surface area contributed by atoms with Crippen molar-refractivity contribution in [3.05, 3.63) is 24.3 Å². The lowest BCUT2D eigenvalue weighted by Crippen LogP contribution is -2.58. The average Bonchev–Trinajstić information content (AvgIpc) is 2.30. The van der Waals surface area contributed by atoms with Gasteiger partial charge in [0, 0.05) is 19.6 Å². The molecule has 4 heteroatoms. The smallest absolute Gasteiger partial charge is 0.248 e. The van der Waals surface area contributed by atoms with Crippen molar-refractivity contribution in [2.75, 3.05) is 29.9 Å². The normalized spacial score (nSPS) is 24.1. The number of nitrogens with one attached hydrogen (secondary N) is 2. The number of hydrogen-bond donors (Lipinski definition) is 2. The van der Waals surface area contributed by atoms with E-state index in [-0.39, 0.29) is 11.9 Å². The van der Waals surface area contributed by atoms with Gasteiger partial charge in [0.2, 0.25) is 5.91 Å². The molecule has 3 rings (SSSR count). The molecule has 1 atom stereocenters. The first kappa shape index (κ1) is 8.73. The lowest BCUT2D eigenvalue weighted by molar-refractivity contribution is -0.117. The van der Waals surface area contributed by atoms with Crippen LogP contribution in [0.1, 0.15) is 0 Å². The fraction of sp³-hybridized carbons (Fsp3) is 0.364. The number of amides is 1. The van der Waals surface area contributed by atoms with Gasteiger partial charge in [-0.25, -0.2) is 0 Å². The zero-order valence-electron chi connectivity index (χ0n) is 8.29. The molecule has 2 N–H and O–H groups in total. The molecule has 1 aromatic rings. The Hall–Kier alpha value is -1.55. The molecule has 2 heterocycles. The molecule has 0 saturated carbocycles. The topological polar surface area (TPSA) is 44.4 Å². The Bertz CT molecular complexity index is 405. The highest BCUT2D eigenvalue weighted by molar-refractivity contribution is 6.03. The van der Waals surface area contributed by atoms with Crippen molar-refractivity contribution in [2.45, 2.75) is 6.04 Å². The van der Waals surface area contributed by atoms with Gasteiger partial charge in [-0.15, -0.1) is 0 Å². The van der Waals surface area contributed by atoms with E-state index in [9.17, 15) is 4.79 Å². The highest BCUT2D eigenvalue weighted by Crippen LogP contribution is 2.31. The number of anilines is 2. The molecule has 2 aliphatic rings. The zero-order valence-corrected chi connectivity index (χ0v) is 8.29. The van der Waals surface area contributed by atoms with Crippen molar-refractivity contribution in [3.63, 3.8) is 0 Å². The van der Waals surface area contributed by atoms with E-state index < -0.39 is 0 Å². The monoisotopic (exact) mass is 202 g/mol. The van der Waals surface area contributed by atoms with E-state index in [1.807, 2.05) is 18.2 Å². The number of carbonyl (C=O) groups excluding carboxylic acids is 1. The Labute approximate surface area is 88.3 Å². The van der Waals surface area contributed by atoms with Crippen molar-refractivity contribution in [1.29, 1.82) is 0 Å². The number of nitrogens with zero attached hydrogens (tertiary/aromatic N) is 1. The van der Waals surface area contributed by atoms with Crippen LogP contribution in [0.2, 0.25) is 0 Å². The molecule has 1 aromatic carbocycles. The SMILES string of the molecule is O=C1Nc2c[c]ccc2N2CCNCC12. The Morgan fingerprint density at radius 3 is 3.40 bits per heavy atom. The molecule has 1 saturated heterocycles. The lowest BCUT2D eigenvalue weighted by Gasteiger charge is -2.41. The minimum Gasteiger partial charge on any atom is -0.356 e. The van der Waals surface area contributed by atoms with Crippen molar-refractivity contribution < 1.29 is 4.79 Å². The molecule has 1 amide bonds. The van der Waals surface area contributed by atoms with Gasteiger partial charge >= 0.3 is 0 Å². The molecule has 15 heavy (non-hydrogen) atoms. The highest BCUT2D eigenvalue weighted by Gasteiger charge is 2.33. The second-order valence-electron chi connectivity index (χ2n) is 3.85. The van der Waals surface area contributed by atoms with E-state index in [0.29, 0.717) is 0 Å². The summed E-state index contributed by atoms with van der Waals surface area (Å²) in [6.07, 6.45) is 0. The molecular formula is C11H12N3O. The predicted octanol–water partition coefficient (Wildman–Crippen LogP) is 0.217. The first-order valence-electron chi connectivity index (χ1n) is 5.14. The minimum atomic E-state index is -0.0614. The lowest BCUT2D eigenvalue weighted by atomic mass is 10.1. The van der Waals surface area contributed by atoms with Gasteiger partial charge in [0.15, 0.2) is 0 Å². The van der Waals surface area contributed by atoms with Crippen molar-refractivity contribution >= 4 is 17.3 Å². The Morgan fingerprint density at radius 2 is 2.47 bits per heavy atom. The third-order valence-corrected chi connectivity index (χ3v) is 2.95. The summed E-state index contributed by atoms with van der Waals surface area (Å²) >= 11 is 0. The van der Waals surface area contributed by atoms with Gasteiger partial charge in [-0.05, 0) is 18.2 Å². The second kappa shape index (κ2) is 3.24. The summed E-state index contributed by atoms with van der Waals surface area (Å²) in [4.78, 5) is 13.9. The molecule has 0 bridgehead atoms. The van der Waals surface area contributed by atoms with Gasteiger partial charge in [-0.2, -0.15) is 0 Å². The Balaban J connectivity index is 2.06. The maximum Gasteiger partial charge on any atom is 0.248 e. The van der Waals surface area contributed by atoms with E-state index >= 15 is 0 Å². The number of rotatable bonds is 0. The van der Waals surface area contributed by atoms with Crippen LogP contribution in [0, 0.1) is 6.07 Å². The van der Waals surface area contributed by atoms with Gasteiger partial charge in [0.05, 0.1) is 11.4 Å². The van der Waals surface area contributed by atoms with Gasteiger partial charge in [-0.3, -0.25) is 4.79 Å². The van der Waals surface area contributed by atoms with E-state index in [1.165, 1.54) is 0 Å². The van der Waals surface area contributed by atoms with Crippen LogP contribution in [0.5, 0.6) is 0 Å². The highest BCUT2D eigenvalue weighted by atomic mass is 16.2. The van der Waals surface area contributed by atoms with Crippen LogP contribution < -0.4 is 15.5 Å². The van der Waals surface area contributed by atoms with Crippen molar-refractivity contribution in [2.24, 2.45) is 0 Å². The largest absolute Gasteiger partial charge is 0.356 e. The molecule has 0 spiro atoms. The predicted molar refractivity (Wildman–Crippen MR) is 57.9 cm³/mol. The van der Waals surface area contributed by atoms with Crippen LogP contribution in [0.4, 0.5) is 11.4 Å². The molecule has 4 nitrogen and oxygen atoms in total. The summed E-state index contributed by atoms with van der Waals surface area (Å²) in [5, 5.41) is 6.14. The van der Waals surface area contributed by atoms with E-state index in [1.54, 1.807) is 0 Å². The van der Waals surface area contributed by atoms with E-state index in [4.69, 9.17) is 0 Å². The standard InChI is InChI=1S/C11H12N3O/c15-11-10-7-12-5-6-14(10)9-4-2-1-3-8(9)13-11/h2-4,10,12H,5-7H2,(H,13,15). The van der Waals surface area contributed by atoms with Crippen LogP contribution in [0.15, 0.2) is 18.2 Å². The van der Waals surface area contributed by atoms with Gasteiger partial charge < -0.3 is 15.5 Å². The summed E-state index contributed by atoms with van der Waals surface area (Å²) in [6.45, 7) is 2.54. The second-order valence-corrected chi connectivity index (χ2v) is 3.85. The summed E-state index contributed by atoms with van der Waals surface area (Å²) in [6, 6.07) is 8.63. The van der Waals surface area contributed by atoms with E-state index in [2.05, 4.69) is 21.6 Å². The molecule has 1 fully saturated rings. The van der Waals surface area contributed by atoms with Crippen molar-refractivity contribution in [1.82, 2.24) is 5.32 Å². The molecule has 0 aliphatic carbocycles. The minimum absolute atomic E-state index is 0.0614. The molecule has 1 radical (unpaired) electrons. The number of piperazine rings is 1. The third kappa shape index (κ3) is 1.29. The van der Waals surface area contributed by atoms with Crippen LogP contribution >= 0.6 is 0 Å². The van der Waals surface area contributed by atoms with Crippen LogP contribution in [-0.2, 0) is 4.79 Å². The van der Waals surface area contributed by atoms with Gasteiger partial charge in [-0.1, -0.05) is 6.07 Å². The zero-order chi connectivity index (χ0) is 10.3. The number of fused-ring (bicyclic) bond motifs is 3. The number of benzene rings is 1. The average molecular weight is 202 g/mol. The first-order chi connectivity index (χ1) is 7.36. The summed E-state index contributed by atoms with van der Waals surface area (Å²) in [7, 11) is 0. The first-order valence-corrected chi connectivity index (χ1v) is 5.14. The summed E-state index contributed by atoms with van der Waals surface area (Å²) in [5.41, 5.74) is 1.99. The summed E-state index contributed by atoms with van der Waals surface area (Å²) in [5.74, 6) is 0.0781. The van der Waals surface area contributed by atoms with Gasteiger partial charge in [0.1, 0.15) is 6.04 Å². The molecule has 0 aromatic heterocycles. The fourth-order valence-electron chi connectivity index (χ4n) is 2.22. The van der Waals surface area contributed by atoms with Crippen molar-refractivity contribution in [3.8, 4) is 0 Å². The third-order valence-electron chi connectivity index (χ3n) is 2.95. The van der Waals surface area contributed by atoms with Crippen LogP contribution in [0.25, 0.3) is 0 Å². The Kier molecular flexibility index (Phi) is 1.89. The number of carbonyl (C=O) groups is 1. The molecule has 2 aliphatic heterocycles. The maximum absolute atomic E-state index is 11.8. The van der Waals surface area contributed by atoms with Crippen LogP contribution in [0.3, 0.4) is 0 Å². The molecular weight excluding hydrogens is 190 g/mol. The Morgan fingerprint density at radius 1 is 1.53 bits per heavy atom. The van der Waals surface area contributed by atoms with Gasteiger partial charge in [0.25, 0.3) is 0 Å².